The third-order valence-corrected chi connectivity index (χ3v) is 3.15. The lowest BCUT2D eigenvalue weighted by molar-refractivity contribution is -0.385. The Bertz CT molecular complexity index is 444. The zero-order valence-electron chi connectivity index (χ0n) is 10.9. The van der Waals surface area contributed by atoms with Crippen molar-refractivity contribution in [1.82, 2.24) is 5.32 Å². The summed E-state index contributed by atoms with van der Waals surface area (Å²) in [6, 6.07) is 5.12. The van der Waals surface area contributed by atoms with Crippen LogP contribution in [0.25, 0.3) is 0 Å². The number of nitrogens with one attached hydrogen (secondary N) is 1. The van der Waals surface area contributed by atoms with Crippen molar-refractivity contribution in [2.24, 2.45) is 0 Å². The molecule has 6 nitrogen and oxygen atoms in total. The molecule has 0 radical (unpaired) electrons. The number of nitrogens with zero attached hydrogens (tertiary/aromatic N) is 1. The molecule has 6 heteroatoms. The highest BCUT2D eigenvalue weighted by Crippen LogP contribution is 2.22. The minimum Gasteiger partial charge on any atom is -0.496 e. The highest BCUT2D eigenvalue weighted by atomic mass is 16.6. The smallest absolute Gasteiger partial charge is 0.273 e. The van der Waals surface area contributed by atoms with Crippen molar-refractivity contribution in [1.29, 1.82) is 0 Å². The van der Waals surface area contributed by atoms with Gasteiger partial charge in [-0.25, -0.2) is 0 Å². The molecule has 1 aliphatic rings. The van der Waals surface area contributed by atoms with Crippen LogP contribution in [0, 0.1) is 10.1 Å². The lowest BCUT2D eigenvalue weighted by Gasteiger charge is -2.23. The summed E-state index contributed by atoms with van der Waals surface area (Å²) in [5.74, 6) is 0.505. The van der Waals surface area contributed by atoms with Gasteiger partial charge in [-0.2, -0.15) is 0 Å². The minimum atomic E-state index is -0.407. The molecule has 104 valence electrons. The number of nitro groups is 1. The summed E-state index contributed by atoms with van der Waals surface area (Å²) in [4.78, 5) is 10.4. The Morgan fingerprint density at radius 3 is 3.00 bits per heavy atom. The highest BCUT2D eigenvalue weighted by Gasteiger charge is 2.14. The molecule has 0 aromatic heterocycles. The summed E-state index contributed by atoms with van der Waals surface area (Å²) < 4.78 is 10.5. The molecule has 1 saturated heterocycles. The first kappa shape index (κ1) is 13.8. The van der Waals surface area contributed by atoms with Gasteiger partial charge in [-0.1, -0.05) is 0 Å². The van der Waals surface area contributed by atoms with Gasteiger partial charge in [-0.05, 0) is 24.5 Å². The second-order valence-corrected chi connectivity index (χ2v) is 4.59. The van der Waals surface area contributed by atoms with Crippen molar-refractivity contribution in [2.45, 2.75) is 25.4 Å². The summed E-state index contributed by atoms with van der Waals surface area (Å²) in [7, 11) is 1.51. The fourth-order valence-electron chi connectivity index (χ4n) is 2.13. The number of rotatable bonds is 5. The molecule has 0 spiro atoms. The van der Waals surface area contributed by atoms with E-state index < -0.39 is 4.92 Å². The number of ether oxygens (including phenoxy) is 2. The van der Waals surface area contributed by atoms with E-state index in [0.29, 0.717) is 24.9 Å². The third kappa shape index (κ3) is 3.90. The van der Waals surface area contributed by atoms with Gasteiger partial charge in [-0.3, -0.25) is 10.1 Å². The van der Waals surface area contributed by atoms with Crippen molar-refractivity contribution in [3.63, 3.8) is 0 Å². The molecule has 2 rings (SSSR count). The second-order valence-electron chi connectivity index (χ2n) is 4.59. The zero-order chi connectivity index (χ0) is 13.7. The number of methoxy groups -OCH3 is 1. The Kier molecular flexibility index (Phi) is 4.70. The Balaban J connectivity index is 2.02. The van der Waals surface area contributed by atoms with Crippen molar-refractivity contribution in [3.05, 3.63) is 33.9 Å². The normalized spacial score (nSPS) is 19.1. The maximum absolute atomic E-state index is 10.8. The average Bonchev–Trinajstić information content (AvgIpc) is 2.45. The lowest BCUT2D eigenvalue weighted by atomic mass is 10.1. The SMILES string of the molecule is COc1cc(CNC2CCCOC2)cc([N+](=O)[O-])c1. The van der Waals surface area contributed by atoms with Gasteiger partial charge in [-0.15, -0.1) is 0 Å². The van der Waals surface area contributed by atoms with Crippen LogP contribution in [-0.2, 0) is 11.3 Å². The van der Waals surface area contributed by atoms with Crippen LogP contribution < -0.4 is 10.1 Å². The molecule has 0 saturated carbocycles. The Hall–Kier alpha value is -1.66. The number of hydrogen-bond acceptors (Lipinski definition) is 5. The number of benzene rings is 1. The van der Waals surface area contributed by atoms with E-state index in [1.165, 1.54) is 13.2 Å². The summed E-state index contributed by atoms with van der Waals surface area (Å²) in [6.45, 7) is 2.10. The molecule has 1 unspecified atom stereocenters. The van der Waals surface area contributed by atoms with Crippen molar-refractivity contribution < 1.29 is 14.4 Å². The summed E-state index contributed by atoms with van der Waals surface area (Å²) in [5, 5.41) is 14.2. The molecule has 1 N–H and O–H groups in total. The van der Waals surface area contributed by atoms with E-state index in [9.17, 15) is 10.1 Å². The quantitative estimate of drug-likeness (QED) is 0.650. The monoisotopic (exact) mass is 266 g/mol. The van der Waals surface area contributed by atoms with Crippen molar-refractivity contribution in [3.8, 4) is 5.75 Å². The molecule has 1 fully saturated rings. The van der Waals surface area contributed by atoms with E-state index >= 15 is 0 Å². The second kappa shape index (κ2) is 6.49. The first-order valence-electron chi connectivity index (χ1n) is 6.32. The molecule has 1 heterocycles. The van der Waals surface area contributed by atoms with Gasteiger partial charge in [0.1, 0.15) is 5.75 Å². The largest absolute Gasteiger partial charge is 0.496 e. The van der Waals surface area contributed by atoms with E-state index in [2.05, 4.69) is 5.32 Å². The van der Waals surface area contributed by atoms with Gasteiger partial charge in [0.15, 0.2) is 0 Å². The Labute approximate surface area is 111 Å². The van der Waals surface area contributed by atoms with Gasteiger partial charge in [0.05, 0.1) is 24.7 Å². The molecule has 1 aromatic carbocycles. The zero-order valence-corrected chi connectivity index (χ0v) is 10.9. The minimum absolute atomic E-state index is 0.0519. The Morgan fingerprint density at radius 1 is 1.53 bits per heavy atom. The third-order valence-electron chi connectivity index (χ3n) is 3.15. The van der Waals surface area contributed by atoms with E-state index in [-0.39, 0.29) is 5.69 Å². The van der Waals surface area contributed by atoms with E-state index in [1.807, 2.05) is 6.07 Å². The average molecular weight is 266 g/mol. The molecular weight excluding hydrogens is 248 g/mol. The maximum atomic E-state index is 10.8. The fourth-order valence-corrected chi connectivity index (χ4v) is 2.13. The molecule has 1 aromatic rings. The van der Waals surface area contributed by atoms with Crippen LogP contribution in [0.1, 0.15) is 18.4 Å². The van der Waals surface area contributed by atoms with Gasteiger partial charge in [0, 0.05) is 25.3 Å². The summed E-state index contributed by atoms with van der Waals surface area (Å²) in [5.41, 5.74) is 0.896. The van der Waals surface area contributed by atoms with Crippen LogP contribution in [0.5, 0.6) is 5.75 Å². The molecular formula is C13H18N2O4. The van der Waals surface area contributed by atoms with E-state index in [4.69, 9.17) is 9.47 Å². The topological polar surface area (TPSA) is 73.6 Å². The first-order valence-corrected chi connectivity index (χ1v) is 6.32. The van der Waals surface area contributed by atoms with Gasteiger partial charge < -0.3 is 14.8 Å². The predicted octanol–water partition coefficient (Wildman–Crippen LogP) is 1.87. The molecule has 1 atom stereocenters. The predicted molar refractivity (Wildman–Crippen MR) is 70.3 cm³/mol. The van der Waals surface area contributed by atoms with Crippen LogP contribution >= 0.6 is 0 Å². The number of nitro benzene ring substituents is 1. The highest BCUT2D eigenvalue weighted by molar-refractivity contribution is 5.42. The molecule has 1 aliphatic heterocycles. The van der Waals surface area contributed by atoms with Crippen LogP contribution in [0.2, 0.25) is 0 Å². The molecule has 19 heavy (non-hydrogen) atoms. The number of hydrogen-bond donors (Lipinski definition) is 1. The summed E-state index contributed by atoms with van der Waals surface area (Å²) >= 11 is 0. The standard InChI is InChI=1S/C13H18N2O4/c1-18-13-6-10(5-12(7-13)15(16)17)8-14-11-3-2-4-19-9-11/h5-7,11,14H,2-4,8-9H2,1H3. The Morgan fingerprint density at radius 2 is 2.37 bits per heavy atom. The fraction of sp³-hybridized carbons (Fsp3) is 0.538. The van der Waals surface area contributed by atoms with E-state index in [1.54, 1.807) is 6.07 Å². The van der Waals surface area contributed by atoms with Gasteiger partial charge in [0.25, 0.3) is 5.69 Å². The molecule has 0 amide bonds. The van der Waals surface area contributed by atoms with Crippen LogP contribution in [-0.4, -0.2) is 31.3 Å². The number of non-ortho nitro benzene ring substituents is 1. The molecule has 0 aliphatic carbocycles. The maximum Gasteiger partial charge on any atom is 0.273 e. The lowest BCUT2D eigenvalue weighted by Crippen LogP contribution is -2.36. The van der Waals surface area contributed by atoms with Gasteiger partial charge >= 0.3 is 0 Å². The van der Waals surface area contributed by atoms with Crippen molar-refractivity contribution >= 4 is 5.69 Å². The first-order chi connectivity index (χ1) is 9.19. The molecule has 0 bridgehead atoms. The van der Waals surface area contributed by atoms with Gasteiger partial charge in [0.2, 0.25) is 0 Å². The van der Waals surface area contributed by atoms with Crippen LogP contribution in [0.15, 0.2) is 18.2 Å². The summed E-state index contributed by atoms with van der Waals surface area (Å²) in [6.07, 6.45) is 2.13. The van der Waals surface area contributed by atoms with Crippen LogP contribution in [0.3, 0.4) is 0 Å². The van der Waals surface area contributed by atoms with Crippen LogP contribution in [0.4, 0.5) is 5.69 Å². The van der Waals surface area contributed by atoms with Crippen molar-refractivity contribution in [2.75, 3.05) is 20.3 Å². The van der Waals surface area contributed by atoms with E-state index in [0.717, 1.165) is 25.0 Å².